The van der Waals surface area contributed by atoms with Gasteiger partial charge in [-0.05, 0) is 33.8 Å². The van der Waals surface area contributed by atoms with Crippen LogP contribution in [0, 0.1) is 13.8 Å². The lowest BCUT2D eigenvalue weighted by Crippen LogP contribution is -2.20. The number of nitrogens with zero attached hydrogens (tertiary/aromatic N) is 2. The van der Waals surface area contributed by atoms with E-state index in [0.717, 1.165) is 0 Å². The number of aliphatic hydroxyl groups is 1. The van der Waals surface area contributed by atoms with E-state index in [1.165, 1.54) is 0 Å². The van der Waals surface area contributed by atoms with Gasteiger partial charge in [-0.1, -0.05) is 6.07 Å². The van der Waals surface area contributed by atoms with Gasteiger partial charge in [0, 0.05) is 23.5 Å². The summed E-state index contributed by atoms with van der Waals surface area (Å²) in [6.07, 6.45) is 2.83. The molecule has 7 nitrogen and oxygen atoms in total. The Morgan fingerprint density at radius 1 is 1.15 bits per heavy atom. The van der Waals surface area contributed by atoms with Crippen LogP contribution in [0.1, 0.15) is 46.0 Å². The number of carbonyl (C=O) groups is 2. The van der Waals surface area contributed by atoms with Gasteiger partial charge in [0.2, 0.25) is 0 Å². The lowest BCUT2D eigenvalue weighted by Gasteiger charge is -2.18. The molecule has 0 aliphatic rings. The van der Waals surface area contributed by atoms with Crippen LogP contribution in [0.2, 0.25) is 0 Å². The predicted molar refractivity (Wildman–Crippen MR) is 94.9 cm³/mol. The quantitative estimate of drug-likeness (QED) is 0.792. The number of ether oxygens (including phenoxy) is 2. The predicted octanol–water partition coefficient (Wildman–Crippen LogP) is 2.47. The summed E-state index contributed by atoms with van der Waals surface area (Å²) in [6, 6.07) is 3.46. The van der Waals surface area contributed by atoms with Gasteiger partial charge in [0.05, 0.1) is 35.2 Å². The highest BCUT2D eigenvalue weighted by molar-refractivity contribution is 6.07. The fourth-order valence-corrected chi connectivity index (χ4v) is 2.63. The first-order chi connectivity index (χ1) is 12.4. The first kappa shape index (κ1) is 19.5. The molecule has 0 atom stereocenters. The van der Waals surface area contributed by atoms with Gasteiger partial charge in [-0.3, -0.25) is 9.97 Å². The smallest absolute Gasteiger partial charge is 0.340 e. The largest absolute Gasteiger partial charge is 0.460 e. The van der Waals surface area contributed by atoms with Crippen molar-refractivity contribution < 1.29 is 24.2 Å². The van der Waals surface area contributed by atoms with Crippen molar-refractivity contribution in [3.05, 3.63) is 47.0 Å². The van der Waals surface area contributed by atoms with E-state index < -0.39 is 11.9 Å². The standard InChI is InChI=1S/C19H22N2O5/c1-11(2)26-19(24)16-13(4)21-12(3)15(18(23)25-9-8-22)17(16)14-6-5-7-20-10-14/h5-7,10-11,22H,8-9H2,1-4H3. The minimum absolute atomic E-state index is 0.148. The molecule has 0 saturated carbocycles. The molecule has 7 heteroatoms. The Morgan fingerprint density at radius 3 is 2.35 bits per heavy atom. The van der Waals surface area contributed by atoms with Crippen molar-refractivity contribution in [2.75, 3.05) is 13.2 Å². The van der Waals surface area contributed by atoms with Gasteiger partial charge >= 0.3 is 11.9 Å². The Kier molecular flexibility index (Phi) is 6.41. The summed E-state index contributed by atoms with van der Waals surface area (Å²) in [4.78, 5) is 33.7. The fourth-order valence-electron chi connectivity index (χ4n) is 2.63. The van der Waals surface area contributed by atoms with E-state index in [-0.39, 0.29) is 30.4 Å². The maximum atomic E-state index is 12.7. The highest BCUT2D eigenvalue weighted by Crippen LogP contribution is 2.32. The van der Waals surface area contributed by atoms with Gasteiger partial charge in [-0.15, -0.1) is 0 Å². The monoisotopic (exact) mass is 358 g/mol. The van der Waals surface area contributed by atoms with E-state index in [9.17, 15) is 9.59 Å². The second kappa shape index (κ2) is 8.53. The third-order valence-corrected chi connectivity index (χ3v) is 3.58. The van der Waals surface area contributed by atoms with Gasteiger partial charge < -0.3 is 14.6 Å². The van der Waals surface area contributed by atoms with Crippen LogP contribution in [0.25, 0.3) is 11.1 Å². The zero-order chi connectivity index (χ0) is 19.3. The van der Waals surface area contributed by atoms with E-state index in [1.807, 2.05) is 0 Å². The average Bonchev–Trinajstić information content (AvgIpc) is 2.59. The van der Waals surface area contributed by atoms with Crippen LogP contribution in [-0.4, -0.2) is 46.3 Å². The average molecular weight is 358 g/mol. The number of aryl methyl sites for hydroxylation is 2. The van der Waals surface area contributed by atoms with Crippen molar-refractivity contribution in [2.24, 2.45) is 0 Å². The van der Waals surface area contributed by atoms with Gasteiger partial charge in [0.1, 0.15) is 6.61 Å². The Labute approximate surface area is 152 Å². The summed E-state index contributed by atoms with van der Waals surface area (Å²) in [5.41, 5.74) is 2.18. The molecular weight excluding hydrogens is 336 g/mol. The third-order valence-electron chi connectivity index (χ3n) is 3.58. The minimum Gasteiger partial charge on any atom is -0.460 e. The van der Waals surface area contributed by atoms with Crippen LogP contribution in [0.5, 0.6) is 0 Å². The summed E-state index contributed by atoms with van der Waals surface area (Å²) >= 11 is 0. The minimum atomic E-state index is -0.665. The number of aliphatic hydroxyl groups excluding tert-OH is 1. The molecule has 2 aromatic heterocycles. The molecule has 2 heterocycles. The van der Waals surface area contributed by atoms with Crippen molar-refractivity contribution in [3.63, 3.8) is 0 Å². The van der Waals surface area contributed by atoms with Crippen LogP contribution in [-0.2, 0) is 9.47 Å². The molecule has 0 amide bonds. The van der Waals surface area contributed by atoms with Crippen molar-refractivity contribution in [1.29, 1.82) is 0 Å². The number of hydrogen-bond donors (Lipinski definition) is 1. The molecule has 2 rings (SSSR count). The fraction of sp³-hybridized carbons (Fsp3) is 0.368. The molecule has 0 unspecified atom stereocenters. The van der Waals surface area contributed by atoms with Gasteiger partial charge in [0.15, 0.2) is 0 Å². The first-order valence-corrected chi connectivity index (χ1v) is 8.27. The van der Waals surface area contributed by atoms with Gasteiger partial charge in [0.25, 0.3) is 0 Å². The lowest BCUT2D eigenvalue weighted by atomic mass is 9.93. The molecule has 2 aromatic rings. The van der Waals surface area contributed by atoms with Crippen molar-refractivity contribution >= 4 is 11.9 Å². The topological polar surface area (TPSA) is 98.6 Å². The van der Waals surface area contributed by atoms with Gasteiger partial charge in [-0.2, -0.15) is 0 Å². The molecule has 0 bridgehead atoms. The normalized spacial score (nSPS) is 10.7. The van der Waals surface area contributed by atoms with E-state index in [1.54, 1.807) is 52.2 Å². The van der Waals surface area contributed by atoms with Crippen molar-refractivity contribution in [2.45, 2.75) is 33.8 Å². The number of pyridine rings is 2. The van der Waals surface area contributed by atoms with E-state index >= 15 is 0 Å². The number of carbonyl (C=O) groups excluding carboxylic acids is 2. The maximum Gasteiger partial charge on any atom is 0.340 e. The Hall–Kier alpha value is -2.80. The molecule has 1 N–H and O–H groups in total. The number of esters is 2. The number of hydrogen-bond acceptors (Lipinski definition) is 7. The SMILES string of the molecule is Cc1nc(C)c(C(=O)OC(C)C)c(-c2cccnc2)c1C(=O)OCCO. The summed E-state index contributed by atoms with van der Waals surface area (Å²) in [5.74, 6) is -1.23. The number of rotatable bonds is 6. The molecule has 0 aromatic carbocycles. The summed E-state index contributed by atoms with van der Waals surface area (Å²) in [5, 5.41) is 8.93. The Balaban J connectivity index is 2.75. The Bertz CT molecular complexity index is 803. The highest BCUT2D eigenvalue weighted by atomic mass is 16.5. The summed E-state index contributed by atoms with van der Waals surface area (Å²) < 4.78 is 10.4. The molecule has 0 aliphatic carbocycles. The van der Waals surface area contributed by atoms with Crippen LogP contribution in [0.3, 0.4) is 0 Å². The van der Waals surface area contributed by atoms with Crippen LogP contribution < -0.4 is 0 Å². The lowest BCUT2D eigenvalue weighted by molar-refractivity contribution is 0.0377. The van der Waals surface area contributed by atoms with E-state index in [4.69, 9.17) is 14.6 Å². The molecular formula is C19H22N2O5. The zero-order valence-corrected chi connectivity index (χ0v) is 15.3. The number of aromatic nitrogens is 2. The molecule has 26 heavy (non-hydrogen) atoms. The molecule has 0 radical (unpaired) electrons. The van der Waals surface area contributed by atoms with Gasteiger partial charge in [-0.25, -0.2) is 9.59 Å². The maximum absolute atomic E-state index is 12.7. The molecule has 0 aliphatic heterocycles. The molecule has 0 saturated heterocycles. The second-order valence-corrected chi connectivity index (χ2v) is 5.96. The van der Waals surface area contributed by atoms with E-state index in [0.29, 0.717) is 22.5 Å². The Morgan fingerprint density at radius 2 is 1.81 bits per heavy atom. The zero-order valence-electron chi connectivity index (χ0n) is 15.3. The first-order valence-electron chi connectivity index (χ1n) is 8.27. The van der Waals surface area contributed by atoms with Crippen molar-refractivity contribution in [3.8, 4) is 11.1 Å². The third kappa shape index (κ3) is 4.23. The summed E-state index contributed by atoms with van der Waals surface area (Å²) in [7, 11) is 0. The second-order valence-electron chi connectivity index (χ2n) is 5.96. The molecule has 0 fully saturated rings. The van der Waals surface area contributed by atoms with Crippen LogP contribution >= 0.6 is 0 Å². The van der Waals surface area contributed by atoms with E-state index in [2.05, 4.69) is 9.97 Å². The summed E-state index contributed by atoms with van der Waals surface area (Å²) in [6.45, 7) is 6.40. The van der Waals surface area contributed by atoms with Crippen LogP contribution in [0.4, 0.5) is 0 Å². The highest BCUT2D eigenvalue weighted by Gasteiger charge is 2.28. The van der Waals surface area contributed by atoms with Crippen molar-refractivity contribution in [1.82, 2.24) is 9.97 Å². The molecule has 138 valence electrons. The van der Waals surface area contributed by atoms with Crippen LogP contribution in [0.15, 0.2) is 24.5 Å². The molecule has 0 spiro atoms.